The normalized spacial score (nSPS) is 13.4. The van der Waals surface area contributed by atoms with Crippen LogP contribution in [-0.2, 0) is 0 Å². The summed E-state index contributed by atoms with van der Waals surface area (Å²) < 4.78 is 1.52. The van der Waals surface area contributed by atoms with Crippen molar-refractivity contribution in [3.8, 4) is 0 Å². The summed E-state index contributed by atoms with van der Waals surface area (Å²) in [5, 5.41) is 19.8. The van der Waals surface area contributed by atoms with Crippen molar-refractivity contribution in [1.29, 1.82) is 0 Å². The zero-order valence-electron chi connectivity index (χ0n) is 6.83. The average molecular weight is 179 g/mol. The lowest BCUT2D eigenvalue weighted by Gasteiger charge is -2.06. The van der Waals surface area contributed by atoms with Crippen LogP contribution in [0.5, 0.6) is 0 Å². The van der Waals surface area contributed by atoms with E-state index in [1.54, 1.807) is 18.3 Å². The number of nitrogens with zero attached hydrogens (tertiary/aromatic N) is 4. The molecule has 0 bridgehead atoms. The van der Waals surface area contributed by atoms with Crippen molar-refractivity contribution in [3.63, 3.8) is 0 Å². The molecule has 2 aromatic heterocycles. The summed E-state index contributed by atoms with van der Waals surface area (Å²) in [6.45, 7) is -0.0897. The van der Waals surface area contributed by atoms with Crippen molar-refractivity contribution in [1.82, 2.24) is 20.0 Å². The van der Waals surface area contributed by atoms with Crippen molar-refractivity contribution in [2.45, 2.75) is 6.04 Å². The molecule has 2 heterocycles. The second-order valence-corrected chi connectivity index (χ2v) is 2.73. The van der Waals surface area contributed by atoms with Crippen LogP contribution in [0.1, 0.15) is 11.6 Å². The number of pyridine rings is 1. The molecule has 0 aliphatic rings. The minimum absolute atomic E-state index is 0.0897. The smallest absolute Gasteiger partial charge is 0.179 e. The van der Waals surface area contributed by atoms with Gasteiger partial charge < -0.3 is 10.8 Å². The number of aliphatic hydroxyl groups is 1. The maximum atomic E-state index is 8.82. The molecule has 2 aromatic rings. The van der Waals surface area contributed by atoms with E-state index in [-0.39, 0.29) is 12.6 Å². The van der Waals surface area contributed by atoms with Gasteiger partial charge in [-0.05, 0) is 22.1 Å². The van der Waals surface area contributed by atoms with Gasteiger partial charge in [-0.15, -0.1) is 5.10 Å². The maximum Gasteiger partial charge on any atom is 0.179 e. The second-order valence-electron chi connectivity index (χ2n) is 2.73. The fourth-order valence-electron chi connectivity index (χ4n) is 1.08. The van der Waals surface area contributed by atoms with Crippen LogP contribution in [0.3, 0.4) is 0 Å². The number of hydrogen-bond donors (Lipinski definition) is 2. The number of aliphatic hydroxyl groups excluding tert-OH is 1. The van der Waals surface area contributed by atoms with Gasteiger partial charge in [-0.25, -0.2) is 4.52 Å². The third-order valence-electron chi connectivity index (χ3n) is 1.84. The van der Waals surface area contributed by atoms with Gasteiger partial charge in [0, 0.05) is 6.20 Å². The number of rotatable bonds is 2. The van der Waals surface area contributed by atoms with Crippen LogP contribution in [0.4, 0.5) is 0 Å². The number of fused-ring (bicyclic) bond motifs is 1. The van der Waals surface area contributed by atoms with E-state index in [9.17, 15) is 0 Å². The molecular formula is C7H9N5O. The van der Waals surface area contributed by atoms with Crippen LogP contribution in [0.15, 0.2) is 18.3 Å². The zero-order chi connectivity index (χ0) is 9.26. The van der Waals surface area contributed by atoms with Crippen LogP contribution in [0, 0.1) is 0 Å². The van der Waals surface area contributed by atoms with Crippen molar-refractivity contribution >= 4 is 5.65 Å². The highest BCUT2D eigenvalue weighted by atomic mass is 16.3. The molecule has 1 unspecified atom stereocenters. The first-order valence-electron chi connectivity index (χ1n) is 3.85. The van der Waals surface area contributed by atoms with Crippen LogP contribution in [0.2, 0.25) is 0 Å². The van der Waals surface area contributed by atoms with Gasteiger partial charge in [0.2, 0.25) is 0 Å². The lowest BCUT2D eigenvalue weighted by atomic mass is 10.1. The molecule has 6 nitrogen and oxygen atoms in total. The summed E-state index contributed by atoms with van der Waals surface area (Å²) in [7, 11) is 0. The van der Waals surface area contributed by atoms with Crippen LogP contribution in [-0.4, -0.2) is 31.8 Å². The molecule has 0 aliphatic carbocycles. The lowest BCUT2D eigenvalue weighted by molar-refractivity contribution is 0.267. The molecular weight excluding hydrogens is 170 g/mol. The minimum Gasteiger partial charge on any atom is -0.394 e. The van der Waals surface area contributed by atoms with Gasteiger partial charge in [-0.1, -0.05) is 6.07 Å². The van der Waals surface area contributed by atoms with Crippen LogP contribution in [0.25, 0.3) is 5.65 Å². The SMILES string of the molecule is NC(CO)c1ccc2nnnn2c1. The molecule has 13 heavy (non-hydrogen) atoms. The van der Waals surface area contributed by atoms with E-state index in [2.05, 4.69) is 15.5 Å². The second kappa shape index (κ2) is 3.08. The lowest BCUT2D eigenvalue weighted by Crippen LogP contribution is -2.15. The van der Waals surface area contributed by atoms with E-state index in [1.165, 1.54) is 4.52 Å². The third kappa shape index (κ3) is 1.36. The van der Waals surface area contributed by atoms with Gasteiger partial charge in [0.05, 0.1) is 12.6 Å². The number of hydrogen-bond acceptors (Lipinski definition) is 5. The van der Waals surface area contributed by atoms with Gasteiger partial charge >= 0.3 is 0 Å². The molecule has 68 valence electrons. The first-order chi connectivity index (χ1) is 6.31. The average Bonchev–Trinajstić information content (AvgIpc) is 2.63. The van der Waals surface area contributed by atoms with Gasteiger partial charge in [-0.2, -0.15) is 0 Å². The largest absolute Gasteiger partial charge is 0.394 e. The maximum absolute atomic E-state index is 8.82. The molecule has 0 aromatic carbocycles. The molecule has 0 aliphatic heterocycles. The minimum atomic E-state index is -0.381. The van der Waals surface area contributed by atoms with Crippen molar-refractivity contribution in [3.05, 3.63) is 23.9 Å². The van der Waals surface area contributed by atoms with E-state index in [4.69, 9.17) is 10.8 Å². The van der Waals surface area contributed by atoms with E-state index in [0.717, 1.165) is 5.56 Å². The molecule has 3 N–H and O–H groups in total. The van der Waals surface area contributed by atoms with E-state index in [0.29, 0.717) is 5.65 Å². The van der Waals surface area contributed by atoms with Gasteiger partial charge in [-0.3, -0.25) is 0 Å². The predicted molar refractivity (Wildman–Crippen MR) is 44.8 cm³/mol. The summed E-state index contributed by atoms with van der Waals surface area (Å²) in [5.74, 6) is 0. The molecule has 1 atom stereocenters. The Morgan fingerprint density at radius 3 is 3.15 bits per heavy atom. The molecule has 0 amide bonds. The molecule has 0 saturated heterocycles. The van der Waals surface area contributed by atoms with Gasteiger partial charge in [0.15, 0.2) is 5.65 Å². The quantitative estimate of drug-likeness (QED) is 0.624. The predicted octanol–water partition coefficient (Wildman–Crippen LogP) is -0.884. The first-order valence-corrected chi connectivity index (χ1v) is 3.85. The fourth-order valence-corrected chi connectivity index (χ4v) is 1.08. The molecule has 0 saturated carbocycles. The highest BCUT2D eigenvalue weighted by molar-refractivity contribution is 5.36. The molecule has 0 spiro atoms. The topological polar surface area (TPSA) is 89.3 Å². The number of nitrogens with two attached hydrogens (primary N) is 1. The summed E-state index contributed by atoms with van der Waals surface area (Å²) in [5.41, 5.74) is 7.09. The Labute approximate surface area is 74.0 Å². The van der Waals surface area contributed by atoms with Crippen molar-refractivity contribution in [2.75, 3.05) is 6.61 Å². The Hall–Kier alpha value is -1.53. The third-order valence-corrected chi connectivity index (χ3v) is 1.84. The Morgan fingerprint density at radius 1 is 1.54 bits per heavy atom. The number of tetrazole rings is 1. The summed E-state index contributed by atoms with van der Waals surface area (Å²) in [4.78, 5) is 0. The number of aromatic nitrogens is 4. The Bertz CT molecular complexity index is 412. The summed E-state index contributed by atoms with van der Waals surface area (Å²) in [6, 6.07) is 3.17. The zero-order valence-corrected chi connectivity index (χ0v) is 6.83. The Kier molecular flexibility index (Phi) is 1.91. The van der Waals surface area contributed by atoms with Crippen LogP contribution >= 0.6 is 0 Å². The fraction of sp³-hybridized carbons (Fsp3) is 0.286. The molecule has 0 radical (unpaired) electrons. The first kappa shape index (κ1) is 8.09. The van der Waals surface area contributed by atoms with Gasteiger partial charge in [0.1, 0.15) is 0 Å². The van der Waals surface area contributed by atoms with Crippen molar-refractivity contribution < 1.29 is 5.11 Å². The standard InChI is InChI=1S/C7H9N5O/c8-6(4-13)5-1-2-7-9-10-11-12(7)3-5/h1-3,6,13H,4,8H2. The molecule has 2 rings (SSSR count). The van der Waals surface area contributed by atoms with Gasteiger partial charge in [0.25, 0.3) is 0 Å². The Balaban J connectivity index is 2.48. The summed E-state index contributed by atoms with van der Waals surface area (Å²) in [6.07, 6.45) is 1.70. The van der Waals surface area contributed by atoms with Crippen LogP contribution < -0.4 is 5.73 Å². The van der Waals surface area contributed by atoms with E-state index >= 15 is 0 Å². The highest BCUT2D eigenvalue weighted by Crippen LogP contribution is 2.09. The van der Waals surface area contributed by atoms with E-state index in [1.807, 2.05) is 0 Å². The monoisotopic (exact) mass is 179 g/mol. The summed E-state index contributed by atoms with van der Waals surface area (Å²) >= 11 is 0. The highest BCUT2D eigenvalue weighted by Gasteiger charge is 2.05. The van der Waals surface area contributed by atoms with E-state index < -0.39 is 0 Å². The van der Waals surface area contributed by atoms with Crippen molar-refractivity contribution in [2.24, 2.45) is 5.73 Å². The molecule has 0 fully saturated rings. The molecule has 6 heteroatoms. The Morgan fingerprint density at radius 2 is 2.38 bits per heavy atom.